The normalized spacial score (nSPS) is 21.8. The molecule has 2 heterocycles. The fourth-order valence-corrected chi connectivity index (χ4v) is 3.62. The van der Waals surface area contributed by atoms with E-state index in [9.17, 15) is 9.59 Å². The minimum atomic E-state index is -1.33. The lowest BCUT2D eigenvalue weighted by Crippen LogP contribution is -2.44. The molecule has 4 nitrogen and oxygen atoms in total. The number of esters is 1. The van der Waals surface area contributed by atoms with Gasteiger partial charge in [-0.05, 0) is 38.5 Å². The maximum absolute atomic E-state index is 13.3. The Morgan fingerprint density at radius 2 is 1.78 bits per heavy atom. The van der Waals surface area contributed by atoms with E-state index < -0.39 is 11.6 Å². The van der Waals surface area contributed by atoms with Crippen LogP contribution in [0.15, 0.2) is 42.5 Å². The first kappa shape index (κ1) is 14.0. The predicted molar refractivity (Wildman–Crippen MR) is 86.4 cm³/mol. The van der Waals surface area contributed by atoms with Gasteiger partial charge in [-0.15, -0.1) is 0 Å². The summed E-state index contributed by atoms with van der Waals surface area (Å²) in [7, 11) is 0. The topological polar surface area (TPSA) is 46.6 Å². The largest absolute Gasteiger partial charge is 0.435 e. The average Bonchev–Trinajstić information content (AvgIpc) is 2.94. The summed E-state index contributed by atoms with van der Waals surface area (Å²) in [5.74, 6) is -0.627. The van der Waals surface area contributed by atoms with E-state index in [0.717, 1.165) is 16.8 Å². The number of nitrogens with zero attached hydrogens (tertiary/aromatic N) is 1. The highest BCUT2D eigenvalue weighted by molar-refractivity contribution is 6.14. The fraction of sp³-hybridized carbons (Fsp3) is 0.263. The van der Waals surface area contributed by atoms with E-state index in [1.165, 1.54) is 0 Å². The monoisotopic (exact) mass is 307 g/mol. The van der Waals surface area contributed by atoms with E-state index in [1.807, 2.05) is 51.1 Å². The Hall–Kier alpha value is -2.62. The molecule has 0 fully saturated rings. The Bertz CT molecular complexity index is 855. The minimum absolute atomic E-state index is 0.0195. The molecule has 1 spiro atoms. The van der Waals surface area contributed by atoms with Crippen LogP contribution >= 0.6 is 0 Å². The van der Waals surface area contributed by atoms with Crippen molar-refractivity contribution in [2.45, 2.75) is 32.4 Å². The van der Waals surface area contributed by atoms with E-state index in [4.69, 9.17) is 4.74 Å². The number of anilines is 1. The number of ether oxygens (including phenoxy) is 1. The van der Waals surface area contributed by atoms with Gasteiger partial charge in [0.2, 0.25) is 5.60 Å². The van der Waals surface area contributed by atoms with Crippen molar-refractivity contribution in [2.24, 2.45) is 0 Å². The van der Waals surface area contributed by atoms with Gasteiger partial charge in [-0.2, -0.15) is 0 Å². The summed E-state index contributed by atoms with van der Waals surface area (Å²) in [6.07, 6.45) is 0. The van der Waals surface area contributed by atoms with Crippen LogP contribution in [0.25, 0.3) is 0 Å². The van der Waals surface area contributed by atoms with Gasteiger partial charge in [-0.1, -0.05) is 30.3 Å². The van der Waals surface area contributed by atoms with Gasteiger partial charge in [0.15, 0.2) is 0 Å². The molecule has 0 radical (unpaired) electrons. The summed E-state index contributed by atoms with van der Waals surface area (Å²) in [6.45, 7) is 5.92. The van der Waals surface area contributed by atoms with Crippen LogP contribution < -0.4 is 4.90 Å². The van der Waals surface area contributed by atoms with E-state index >= 15 is 0 Å². The summed E-state index contributed by atoms with van der Waals surface area (Å²) in [4.78, 5) is 27.4. The zero-order valence-corrected chi connectivity index (χ0v) is 13.3. The van der Waals surface area contributed by atoms with Gasteiger partial charge in [0.25, 0.3) is 5.91 Å². The van der Waals surface area contributed by atoms with E-state index in [2.05, 4.69) is 0 Å². The molecule has 2 aromatic carbocycles. The van der Waals surface area contributed by atoms with Crippen LogP contribution in [0.5, 0.6) is 0 Å². The van der Waals surface area contributed by atoms with Crippen LogP contribution in [0.4, 0.5) is 5.69 Å². The Balaban J connectivity index is 2.06. The van der Waals surface area contributed by atoms with Crippen molar-refractivity contribution in [3.63, 3.8) is 0 Å². The summed E-state index contributed by atoms with van der Waals surface area (Å²) < 4.78 is 5.71. The lowest BCUT2D eigenvalue weighted by atomic mass is 9.86. The molecule has 2 aliphatic rings. The van der Waals surface area contributed by atoms with E-state index in [0.29, 0.717) is 11.1 Å². The molecule has 2 aromatic rings. The summed E-state index contributed by atoms with van der Waals surface area (Å²) in [5, 5.41) is 0. The van der Waals surface area contributed by atoms with Crippen molar-refractivity contribution >= 4 is 17.6 Å². The van der Waals surface area contributed by atoms with Crippen molar-refractivity contribution in [3.05, 3.63) is 64.7 Å². The summed E-state index contributed by atoms with van der Waals surface area (Å²) >= 11 is 0. The highest BCUT2D eigenvalue weighted by atomic mass is 16.6. The van der Waals surface area contributed by atoms with E-state index in [1.54, 1.807) is 17.0 Å². The smallest absolute Gasteiger partial charge is 0.340 e. The van der Waals surface area contributed by atoms with Gasteiger partial charge >= 0.3 is 5.97 Å². The van der Waals surface area contributed by atoms with Crippen LogP contribution in [0, 0.1) is 6.92 Å². The van der Waals surface area contributed by atoms with Crippen molar-refractivity contribution in [1.82, 2.24) is 0 Å². The van der Waals surface area contributed by atoms with Crippen LogP contribution in [0.3, 0.4) is 0 Å². The molecule has 1 amide bonds. The van der Waals surface area contributed by atoms with Gasteiger partial charge in [-0.3, -0.25) is 4.79 Å². The SMILES string of the molecule is Cc1ccc2c(c1)N(C(C)C)C(=O)C21OC(=O)c2ccccc21. The van der Waals surface area contributed by atoms with Gasteiger partial charge in [0.1, 0.15) is 0 Å². The molecule has 4 heteroatoms. The number of aryl methyl sites for hydroxylation is 1. The lowest BCUT2D eigenvalue weighted by Gasteiger charge is -2.25. The van der Waals surface area contributed by atoms with Crippen molar-refractivity contribution < 1.29 is 14.3 Å². The van der Waals surface area contributed by atoms with Gasteiger partial charge < -0.3 is 9.64 Å². The Morgan fingerprint density at radius 3 is 2.52 bits per heavy atom. The maximum Gasteiger partial charge on any atom is 0.340 e. The second-order valence-electron chi connectivity index (χ2n) is 6.41. The Kier molecular flexibility index (Phi) is 2.71. The first-order chi connectivity index (χ1) is 11.0. The van der Waals surface area contributed by atoms with Crippen LogP contribution in [0.1, 0.15) is 40.9 Å². The molecule has 1 atom stereocenters. The third-order valence-corrected chi connectivity index (χ3v) is 4.60. The van der Waals surface area contributed by atoms with E-state index in [-0.39, 0.29) is 11.9 Å². The standard InChI is InChI=1S/C19H17NO3/c1-11(2)20-16-10-12(3)8-9-15(16)19(18(20)22)14-7-5-4-6-13(14)17(21)23-19/h4-11H,1-3H3. The number of amides is 1. The molecule has 1 unspecified atom stereocenters. The molecule has 0 aliphatic carbocycles. The lowest BCUT2D eigenvalue weighted by molar-refractivity contribution is -0.132. The quantitative estimate of drug-likeness (QED) is 0.760. The molecule has 0 bridgehead atoms. The van der Waals surface area contributed by atoms with Crippen LogP contribution in [-0.2, 0) is 15.1 Å². The molecule has 4 rings (SSSR count). The number of carbonyl (C=O) groups is 2. The average molecular weight is 307 g/mol. The first-order valence-electron chi connectivity index (χ1n) is 7.74. The molecule has 116 valence electrons. The number of rotatable bonds is 1. The number of benzene rings is 2. The second-order valence-corrected chi connectivity index (χ2v) is 6.41. The van der Waals surface area contributed by atoms with Crippen molar-refractivity contribution in [1.29, 1.82) is 0 Å². The van der Waals surface area contributed by atoms with Crippen LogP contribution in [-0.4, -0.2) is 17.9 Å². The molecular weight excluding hydrogens is 290 g/mol. The van der Waals surface area contributed by atoms with Crippen LogP contribution in [0.2, 0.25) is 0 Å². The molecule has 0 aromatic heterocycles. The molecular formula is C19H17NO3. The highest BCUT2D eigenvalue weighted by Crippen LogP contribution is 2.52. The highest BCUT2D eigenvalue weighted by Gasteiger charge is 2.60. The Morgan fingerprint density at radius 1 is 1.04 bits per heavy atom. The predicted octanol–water partition coefficient (Wildman–Crippen LogP) is 3.16. The third-order valence-electron chi connectivity index (χ3n) is 4.60. The number of carbonyl (C=O) groups excluding carboxylic acids is 2. The number of fused-ring (bicyclic) bond motifs is 4. The number of hydrogen-bond acceptors (Lipinski definition) is 3. The van der Waals surface area contributed by atoms with Crippen molar-refractivity contribution in [2.75, 3.05) is 4.90 Å². The van der Waals surface area contributed by atoms with Gasteiger partial charge in [0, 0.05) is 17.2 Å². The molecule has 0 N–H and O–H groups in total. The zero-order chi connectivity index (χ0) is 16.4. The third kappa shape index (κ3) is 1.61. The second kappa shape index (κ2) is 4.44. The molecule has 0 saturated carbocycles. The maximum atomic E-state index is 13.3. The zero-order valence-electron chi connectivity index (χ0n) is 13.3. The molecule has 2 aliphatic heterocycles. The van der Waals surface area contributed by atoms with Gasteiger partial charge in [-0.25, -0.2) is 4.79 Å². The number of hydrogen-bond donors (Lipinski definition) is 0. The molecule has 0 saturated heterocycles. The van der Waals surface area contributed by atoms with Gasteiger partial charge in [0.05, 0.1) is 11.3 Å². The van der Waals surface area contributed by atoms with Crippen molar-refractivity contribution in [3.8, 4) is 0 Å². The summed E-state index contributed by atoms with van der Waals surface area (Å²) in [5.41, 5.74) is 2.42. The first-order valence-corrected chi connectivity index (χ1v) is 7.74. The Labute approximate surface area is 134 Å². The fourth-order valence-electron chi connectivity index (χ4n) is 3.62. The summed E-state index contributed by atoms with van der Waals surface area (Å²) in [6, 6.07) is 13.0. The molecule has 23 heavy (non-hydrogen) atoms. The minimum Gasteiger partial charge on any atom is -0.435 e.